The number of carbonyl (C=O) groups excluding carboxylic acids is 2. The number of aryl methyl sites for hydroxylation is 1. The molecular formula is C14H14ClNO2. The van der Waals surface area contributed by atoms with Crippen LogP contribution in [0.2, 0.25) is 5.02 Å². The zero-order valence-electron chi connectivity index (χ0n) is 10.4. The quantitative estimate of drug-likeness (QED) is 0.792. The van der Waals surface area contributed by atoms with Crippen LogP contribution in [0, 0.1) is 0 Å². The molecule has 0 N–H and O–H groups in total. The van der Waals surface area contributed by atoms with Gasteiger partial charge in [0.25, 0.3) is 0 Å². The standard InChI is InChI=1S/C14H14ClNO2/c1-9(17)5-6-16-8-13(10(2)18)12-7-11(15)3-4-14(12)16/h3-4,7-8H,5-6H2,1-2H3. The van der Waals surface area contributed by atoms with Gasteiger partial charge < -0.3 is 4.57 Å². The lowest BCUT2D eigenvalue weighted by Gasteiger charge is -2.03. The van der Waals surface area contributed by atoms with E-state index in [-0.39, 0.29) is 11.6 Å². The van der Waals surface area contributed by atoms with Crippen molar-refractivity contribution < 1.29 is 9.59 Å². The van der Waals surface area contributed by atoms with E-state index >= 15 is 0 Å². The first-order valence-corrected chi connectivity index (χ1v) is 6.15. The summed E-state index contributed by atoms with van der Waals surface area (Å²) < 4.78 is 1.93. The first kappa shape index (κ1) is 12.8. The summed E-state index contributed by atoms with van der Waals surface area (Å²) in [7, 11) is 0. The van der Waals surface area contributed by atoms with Gasteiger partial charge in [-0.15, -0.1) is 0 Å². The predicted octanol–water partition coefficient (Wildman–Crippen LogP) is 3.48. The van der Waals surface area contributed by atoms with Crippen LogP contribution in [0.1, 0.15) is 30.6 Å². The monoisotopic (exact) mass is 263 g/mol. The number of aromatic nitrogens is 1. The fraction of sp³-hybridized carbons (Fsp3) is 0.286. The Bertz CT molecular complexity index is 628. The van der Waals surface area contributed by atoms with Crippen LogP contribution in [0.5, 0.6) is 0 Å². The molecule has 4 heteroatoms. The van der Waals surface area contributed by atoms with Gasteiger partial charge in [-0.2, -0.15) is 0 Å². The average Bonchev–Trinajstić information content (AvgIpc) is 2.64. The number of hydrogen-bond acceptors (Lipinski definition) is 2. The van der Waals surface area contributed by atoms with Crippen molar-refractivity contribution in [3.8, 4) is 0 Å². The van der Waals surface area contributed by atoms with Crippen LogP contribution in [0.25, 0.3) is 10.9 Å². The third kappa shape index (κ3) is 2.46. The first-order valence-electron chi connectivity index (χ1n) is 5.78. The molecular weight excluding hydrogens is 250 g/mol. The Balaban J connectivity index is 2.54. The molecule has 0 aliphatic carbocycles. The molecule has 1 aromatic heterocycles. The number of halogens is 1. The smallest absolute Gasteiger partial charge is 0.161 e. The third-order valence-electron chi connectivity index (χ3n) is 2.93. The third-order valence-corrected chi connectivity index (χ3v) is 3.16. The molecule has 0 radical (unpaired) electrons. The molecule has 0 bridgehead atoms. The lowest BCUT2D eigenvalue weighted by Crippen LogP contribution is -2.01. The van der Waals surface area contributed by atoms with Crippen LogP contribution in [0.4, 0.5) is 0 Å². The number of benzene rings is 1. The molecule has 0 aliphatic heterocycles. The van der Waals surface area contributed by atoms with Crippen molar-refractivity contribution in [1.82, 2.24) is 4.57 Å². The van der Waals surface area contributed by atoms with Crippen molar-refractivity contribution in [2.24, 2.45) is 0 Å². The average molecular weight is 264 g/mol. The molecule has 0 spiro atoms. The summed E-state index contributed by atoms with van der Waals surface area (Å²) in [6, 6.07) is 5.46. The van der Waals surface area contributed by atoms with E-state index in [9.17, 15) is 9.59 Å². The highest BCUT2D eigenvalue weighted by molar-refractivity contribution is 6.31. The molecule has 1 heterocycles. The van der Waals surface area contributed by atoms with Gasteiger partial charge >= 0.3 is 0 Å². The van der Waals surface area contributed by atoms with Gasteiger partial charge in [-0.25, -0.2) is 0 Å². The Morgan fingerprint density at radius 1 is 1.28 bits per heavy atom. The predicted molar refractivity (Wildman–Crippen MR) is 72.3 cm³/mol. The van der Waals surface area contributed by atoms with Crippen molar-refractivity contribution in [3.05, 3.63) is 35.0 Å². The van der Waals surface area contributed by atoms with E-state index < -0.39 is 0 Å². The fourth-order valence-corrected chi connectivity index (χ4v) is 2.18. The van der Waals surface area contributed by atoms with Crippen LogP contribution in [0.15, 0.2) is 24.4 Å². The van der Waals surface area contributed by atoms with Crippen LogP contribution in [0.3, 0.4) is 0 Å². The number of nitrogens with zero attached hydrogens (tertiary/aromatic N) is 1. The molecule has 1 aromatic carbocycles. The molecule has 0 unspecified atom stereocenters. The highest BCUT2D eigenvalue weighted by Gasteiger charge is 2.12. The summed E-state index contributed by atoms with van der Waals surface area (Å²) in [5.41, 5.74) is 1.59. The maximum atomic E-state index is 11.6. The van der Waals surface area contributed by atoms with Gasteiger partial charge in [0.1, 0.15) is 5.78 Å². The lowest BCUT2D eigenvalue weighted by atomic mass is 10.1. The van der Waals surface area contributed by atoms with Crippen LogP contribution < -0.4 is 0 Å². The minimum absolute atomic E-state index is 0.00356. The van der Waals surface area contributed by atoms with Gasteiger partial charge in [0.2, 0.25) is 0 Å². The summed E-state index contributed by atoms with van der Waals surface area (Å²) in [5, 5.41) is 1.45. The van der Waals surface area contributed by atoms with E-state index in [0.717, 1.165) is 10.9 Å². The Morgan fingerprint density at radius 2 is 2.00 bits per heavy atom. The van der Waals surface area contributed by atoms with E-state index in [1.54, 1.807) is 25.3 Å². The number of rotatable bonds is 4. The van der Waals surface area contributed by atoms with E-state index in [0.29, 0.717) is 23.6 Å². The summed E-state index contributed by atoms with van der Waals surface area (Å²) in [5.74, 6) is 0.138. The Labute approximate surface area is 110 Å². The lowest BCUT2D eigenvalue weighted by molar-refractivity contribution is -0.117. The van der Waals surface area contributed by atoms with E-state index in [2.05, 4.69) is 0 Å². The number of hydrogen-bond donors (Lipinski definition) is 0. The maximum Gasteiger partial charge on any atom is 0.161 e. The largest absolute Gasteiger partial charge is 0.346 e. The van der Waals surface area contributed by atoms with Gasteiger partial charge in [0.05, 0.1) is 0 Å². The van der Waals surface area contributed by atoms with Crippen molar-refractivity contribution in [3.63, 3.8) is 0 Å². The minimum atomic E-state index is 0.00356. The highest BCUT2D eigenvalue weighted by atomic mass is 35.5. The van der Waals surface area contributed by atoms with Crippen LogP contribution in [-0.2, 0) is 11.3 Å². The fourth-order valence-electron chi connectivity index (χ4n) is 2.01. The van der Waals surface area contributed by atoms with Gasteiger partial charge in [-0.05, 0) is 32.0 Å². The summed E-state index contributed by atoms with van der Waals surface area (Å²) in [4.78, 5) is 22.6. The van der Waals surface area contributed by atoms with Gasteiger partial charge in [0, 0.05) is 40.7 Å². The summed E-state index contributed by atoms with van der Waals surface area (Å²) in [6.45, 7) is 3.68. The number of carbonyl (C=O) groups is 2. The molecule has 3 nitrogen and oxygen atoms in total. The van der Waals surface area contributed by atoms with Crippen molar-refractivity contribution >= 4 is 34.1 Å². The summed E-state index contributed by atoms with van der Waals surface area (Å²) >= 11 is 5.96. The Morgan fingerprint density at radius 3 is 2.61 bits per heavy atom. The normalized spacial score (nSPS) is 10.8. The van der Waals surface area contributed by atoms with E-state index in [4.69, 9.17) is 11.6 Å². The minimum Gasteiger partial charge on any atom is -0.346 e. The maximum absolute atomic E-state index is 11.6. The van der Waals surface area contributed by atoms with Crippen LogP contribution >= 0.6 is 11.6 Å². The molecule has 0 fully saturated rings. The molecule has 0 amide bonds. The van der Waals surface area contributed by atoms with E-state index in [1.165, 1.54) is 6.92 Å². The molecule has 0 saturated carbocycles. The van der Waals surface area contributed by atoms with E-state index in [1.807, 2.05) is 10.6 Å². The number of Topliss-reactive ketones (excluding diaryl/α,β-unsaturated/α-hetero) is 2. The second kappa shape index (κ2) is 4.94. The number of fused-ring (bicyclic) bond motifs is 1. The Kier molecular flexibility index (Phi) is 3.53. The second-order valence-electron chi connectivity index (χ2n) is 4.41. The van der Waals surface area contributed by atoms with Crippen molar-refractivity contribution in [1.29, 1.82) is 0 Å². The van der Waals surface area contributed by atoms with Gasteiger partial charge in [-0.1, -0.05) is 11.6 Å². The molecule has 2 rings (SSSR count). The van der Waals surface area contributed by atoms with Gasteiger partial charge in [-0.3, -0.25) is 9.59 Å². The Hall–Kier alpha value is -1.61. The molecule has 2 aromatic rings. The van der Waals surface area contributed by atoms with Crippen molar-refractivity contribution in [2.45, 2.75) is 26.8 Å². The summed E-state index contributed by atoms with van der Waals surface area (Å²) in [6.07, 6.45) is 2.26. The number of ketones is 2. The zero-order valence-corrected chi connectivity index (χ0v) is 11.1. The second-order valence-corrected chi connectivity index (χ2v) is 4.84. The van der Waals surface area contributed by atoms with Crippen LogP contribution in [-0.4, -0.2) is 16.1 Å². The van der Waals surface area contributed by atoms with Gasteiger partial charge in [0.15, 0.2) is 5.78 Å². The molecule has 0 aliphatic rings. The SMILES string of the molecule is CC(=O)CCn1cc(C(C)=O)c2cc(Cl)ccc21. The highest BCUT2D eigenvalue weighted by Crippen LogP contribution is 2.25. The zero-order chi connectivity index (χ0) is 13.3. The van der Waals surface area contributed by atoms with Crippen molar-refractivity contribution in [2.75, 3.05) is 0 Å². The molecule has 0 atom stereocenters. The topological polar surface area (TPSA) is 39.1 Å². The molecule has 0 saturated heterocycles. The molecule has 18 heavy (non-hydrogen) atoms. The molecule has 94 valence electrons. The first-order chi connectivity index (χ1) is 8.49.